The van der Waals surface area contributed by atoms with Crippen molar-refractivity contribution in [1.82, 2.24) is 9.80 Å². The van der Waals surface area contributed by atoms with E-state index in [9.17, 15) is 22.8 Å². The van der Waals surface area contributed by atoms with Gasteiger partial charge in [-0.1, -0.05) is 48.9 Å². The molecule has 30 heavy (non-hydrogen) atoms. The Hall–Kier alpha value is -2.35. The molecule has 0 aromatic heterocycles. The van der Waals surface area contributed by atoms with Crippen LogP contribution in [0.4, 0.5) is 13.2 Å². The minimum atomic E-state index is -4.92. The molecule has 2 aliphatic rings. The number of nitrogens with zero attached hydrogens (tertiary/aromatic N) is 2. The minimum Gasteiger partial charge on any atom is -0.480 e. The number of rotatable bonds is 7. The van der Waals surface area contributed by atoms with Gasteiger partial charge >= 0.3 is 18.1 Å². The summed E-state index contributed by atoms with van der Waals surface area (Å²) >= 11 is 0. The highest BCUT2D eigenvalue weighted by Crippen LogP contribution is 2.46. The lowest BCUT2D eigenvalue weighted by atomic mass is 10.0. The second kappa shape index (κ2) is 9.20. The van der Waals surface area contributed by atoms with Gasteiger partial charge in [-0.05, 0) is 31.2 Å². The van der Waals surface area contributed by atoms with E-state index in [0.717, 1.165) is 16.0 Å². The number of hydrogen-bond acceptors (Lipinski definition) is 3. The number of halogens is 3. The fourth-order valence-electron chi connectivity index (χ4n) is 4.40. The summed E-state index contributed by atoms with van der Waals surface area (Å²) in [5.41, 5.74) is 2.05. The SMILES string of the molecule is CC/C(=C\c1ccccc1)[C@@H]1C[C@H]1N(C(=O)C(F)(F)F)C1CCN(CC(=O)O)CC1. The summed E-state index contributed by atoms with van der Waals surface area (Å²) in [6, 6.07) is 8.65. The number of carboxylic acid groups (broad SMARTS) is 1. The van der Waals surface area contributed by atoms with E-state index >= 15 is 0 Å². The predicted molar refractivity (Wildman–Crippen MR) is 107 cm³/mol. The Labute approximate surface area is 174 Å². The van der Waals surface area contributed by atoms with E-state index in [0.29, 0.717) is 38.8 Å². The van der Waals surface area contributed by atoms with E-state index in [-0.39, 0.29) is 12.5 Å². The number of likely N-dealkylation sites (tertiary alicyclic amines) is 1. The highest BCUT2D eigenvalue weighted by Gasteiger charge is 2.54. The van der Waals surface area contributed by atoms with Crippen LogP contribution in [0, 0.1) is 5.92 Å². The quantitative estimate of drug-likeness (QED) is 0.723. The number of alkyl halides is 3. The highest BCUT2D eigenvalue weighted by molar-refractivity contribution is 5.83. The lowest BCUT2D eigenvalue weighted by molar-refractivity contribution is -0.189. The van der Waals surface area contributed by atoms with Crippen LogP contribution in [0.2, 0.25) is 0 Å². The maximum absolute atomic E-state index is 13.4. The molecule has 2 fully saturated rings. The molecule has 1 aliphatic carbocycles. The van der Waals surface area contributed by atoms with Gasteiger partial charge in [0.15, 0.2) is 0 Å². The van der Waals surface area contributed by atoms with Crippen molar-refractivity contribution >= 4 is 18.0 Å². The Morgan fingerprint density at radius 3 is 2.37 bits per heavy atom. The van der Waals surface area contributed by atoms with E-state index in [2.05, 4.69) is 0 Å². The van der Waals surface area contributed by atoms with E-state index in [1.54, 1.807) is 4.90 Å². The highest BCUT2D eigenvalue weighted by atomic mass is 19.4. The largest absolute Gasteiger partial charge is 0.480 e. The molecular weight excluding hydrogens is 397 g/mol. The van der Waals surface area contributed by atoms with Gasteiger partial charge in [0.25, 0.3) is 0 Å². The minimum absolute atomic E-state index is 0.0708. The summed E-state index contributed by atoms with van der Waals surface area (Å²) in [4.78, 5) is 25.9. The van der Waals surface area contributed by atoms with Gasteiger partial charge in [0.2, 0.25) is 0 Å². The van der Waals surface area contributed by atoms with Crippen LogP contribution in [0.25, 0.3) is 6.08 Å². The number of amides is 1. The number of aliphatic carboxylic acids is 1. The van der Waals surface area contributed by atoms with Crippen LogP contribution in [0.1, 0.15) is 38.2 Å². The molecule has 164 valence electrons. The molecule has 1 heterocycles. The summed E-state index contributed by atoms with van der Waals surface area (Å²) in [5, 5.41) is 8.92. The number of hydrogen-bond donors (Lipinski definition) is 1. The average Bonchev–Trinajstić information content (AvgIpc) is 3.47. The van der Waals surface area contributed by atoms with Crippen LogP contribution in [0.3, 0.4) is 0 Å². The smallest absolute Gasteiger partial charge is 0.471 e. The van der Waals surface area contributed by atoms with Crippen molar-refractivity contribution in [3.8, 4) is 0 Å². The van der Waals surface area contributed by atoms with Crippen LogP contribution >= 0.6 is 0 Å². The molecule has 8 heteroatoms. The number of carbonyl (C=O) groups excluding carboxylic acids is 1. The summed E-state index contributed by atoms with van der Waals surface area (Å²) in [7, 11) is 0. The van der Waals surface area contributed by atoms with Crippen molar-refractivity contribution in [2.75, 3.05) is 19.6 Å². The molecule has 1 saturated heterocycles. The lowest BCUT2D eigenvalue weighted by Crippen LogP contribution is -2.53. The third-order valence-electron chi connectivity index (χ3n) is 5.94. The zero-order valence-electron chi connectivity index (χ0n) is 16.9. The average molecular weight is 424 g/mol. The molecule has 0 spiro atoms. The fourth-order valence-corrected chi connectivity index (χ4v) is 4.40. The maximum atomic E-state index is 13.4. The number of piperidine rings is 1. The Morgan fingerprint density at radius 2 is 1.83 bits per heavy atom. The van der Waals surface area contributed by atoms with E-state index < -0.39 is 30.1 Å². The molecule has 5 nitrogen and oxygen atoms in total. The van der Waals surface area contributed by atoms with Gasteiger partial charge in [-0.2, -0.15) is 13.2 Å². The molecule has 0 radical (unpaired) electrons. The second-order valence-electron chi connectivity index (χ2n) is 8.00. The van der Waals surface area contributed by atoms with Crippen molar-refractivity contribution in [3.63, 3.8) is 0 Å². The molecule has 1 aromatic rings. The zero-order chi connectivity index (χ0) is 21.9. The predicted octanol–water partition coefficient (Wildman–Crippen LogP) is 3.81. The van der Waals surface area contributed by atoms with E-state index in [1.165, 1.54) is 0 Å². The summed E-state index contributed by atoms with van der Waals surface area (Å²) < 4.78 is 40.1. The molecule has 2 atom stereocenters. The molecule has 1 N–H and O–H groups in total. The topological polar surface area (TPSA) is 60.9 Å². The van der Waals surface area contributed by atoms with Crippen molar-refractivity contribution in [1.29, 1.82) is 0 Å². The molecule has 1 saturated carbocycles. The van der Waals surface area contributed by atoms with Gasteiger partial charge < -0.3 is 10.0 Å². The molecule has 0 unspecified atom stereocenters. The van der Waals surface area contributed by atoms with Crippen LogP contribution in [-0.2, 0) is 9.59 Å². The van der Waals surface area contributed by atoms with Crippen molar-refractivity contribution in [2.45, 2.75) is 50.9 Å². The second-order valence-corrected chi connectivity index (χ2v) is 8.00. The lowest BCUT2D eigenvalue weighted by Gasteiger charge is -2.39. The first-order valence-corrected chi connectivity index (χ1v) is 10.3. The summed E-state index contributed by atoms with van der Waals surface area (Å²) in [6.45, 7) is 2.59. The van der Waals surface area contributed by atoms with Gasteiger partial charge in [-0.15, -0.1) is 0 Å². The molecular formula is C22H27F3N2O3. The number of carbonyl (C=O) groups is 2. The van der Waals surface area contributed by atoms with E-state index in [1.807, 2.05) is 43.3 Å². The standard InChI is InChI=1S/C22H27F3N2O3/c1-2-16(12-15-6-4-3-5-7-15)18-13-19(18)27(21(30)22(23,24)25)17-8-10-26(11-9-17)14-20(28)29/h3-7,12,17-19H,2,8-11,13-14H2,1H3,(H,28,29)/b16-12+/t18-,19+/m0/s1. The van der Waals surface area contributed by atoms with Crippen LogP contribution in [0.15, 0.2) is 35.9 Å². The Balaban J connectivity index is 1.75. The van der Waals surface area contributed by atoms with Crippen molar-refractivity contribution in [3.05, 3.63) is 41.5 Å². The molecule has 1 amide bonds. The first kappa shape index (κ1) is 22.3. The molecule has 1 aliphatic heterocycles. The molecule has 1 aromatic carbocycles. The monoisotopic (exact) mass is 424 g/mol. The van der Waals surface area contributed by atoms with Crippen molar-refractivity contribution in [2.24, 2.45) is 5.92 Å². The van der Waals surface area contributed by atoms with Crippen molar-refractivity contribution < 1.29 is 27.9 Å². The maximum Gasteiger partial charge on any atom is 0.471 e. The van der Waals surface area contributed by atoms with Gasteiger partial charge in [0, 0.05) is 31.1 Å². The zero-order valence-corrected chi connectivity index (χ0v) is 16.9. The molecule has 0 bridgehead atoms. The third kappa shape index (κ3) is 5.41. The summed E-state index contributed by atoms with van der Waals surface area (Å²) in [6.07, 6.45) is -0.966. The van der Waals surface area contributed by atoms with Crippen LogP contribution in [-0.4, -0.2) is 64.7 Å². The Morgan fingerprint density at radius 1 is 1.20 bits per heavy atom. The number of carboxylic acids is 1. The van der Waals surface area contributed by atoms with Gasteiger partial charge in [-0.25, -0.2) is 0 Å². The van der Waals surface area contributed by atoms with Gasteiger partial charge in [0.1, 0.15) is 0 Å². The van der Waals surface area contributed by atoms with Gasteiger partial charge in [0.05, 0.1) is 6.54 Å². The van der Waals surface area contributed by atoms with Crippen LogP contribution < -0.4 is 0 Å². The normalized spacial score (nSPS) is 23.3. The first-order chi connectivity index (χ1) is 14.2. The third-order valence-corrected chi connectivity index (χ3v) is 5.94. The summed E-state index contributed by atoms with van der Waals surface area (Å²) in [5.74, 6) is -2.81. The molecule has 3 rings (SSSR count). The van der Waals surface area contributed by atoms with Gasteiger partial charge in [-0.3, -0.25) is 14.5 Å². The number of benzene rings is 1. The Bertz CT molecular complexity index is 787. The Kier molecular flexibility index (Phi) is 6.85. The van der Waals surface area contributed by atoms with E-state index in [4.69, 9.17) is 5.11 Å². The first-order valence-electron chi connectivity index (χ1n) is 10.3. The fraction of sp³-hybridized carbons (Fsp3) is 0.545. The van der Waals surface area contributed by atoms with Crippen LogP contribution in [0.5, 0.6) is 0 Å².